The molecule has 2 rings (SSSR count). The number of aromatic amines is 1. The molecule has 0 radical (unpaired) electrons. The van der Waals surface area contributed by atoms with E-state index in [4.69, 9.17) is 0 Å². The first-order valence-corrected chi connectivity index (χ1v) is 4.81. The average molecular weight is 180 g/mol. The van der Waals surface area contributed by atoms with Gasteiger partial charge >= 0.3 is 0 Å². The van der Waals surface area contributed by atoms with Crippen LogP contribution >= 0.6 is 0 Å². The van der Waals surface area contributed by atoms with Crippen molar-refractivity contribution in [3.05, 3.63) is 12.4 Å². The molecule has 0 bridgehead atoms. The van der Waals surface area contributed by atoms with Crippen LogP contribution in [-0.2, 0) is 0 Å². The molecule has 1 aliphatic heterocycles. The summed E-state index contributed by atoms with van der Waals surface area (Å²) in [5, 5.41) is 3.39. The molecule has 0 aromatic carbocycles. The van der Waals surface area contributed by atoms with Crippen molar-refractivity contribution < 1.29 is 0 Å². The van der Waals surface area contributed by atoms with Crippen molar-refractivity contribution in [2.45, 2.75) is 18.9 Å². The van der Waals surface area contributed by atoms with Crippen LogP contribution in [0.4, 0.5) is 5.95 Å². The van der Waals surface area contributed by atoms with Gasteiger partial charge in [-0.15, -0.1) is 0 Å². The molecule has 2 N–H and O–H groups in total. The molecule has 4 nitrogen and oxygen atoms in total. The number of hydrogen-bond acceptors (Lipinski definition) is 3. The molecule has 1 aliphatic rings. The maximum Gasteiger partial charge on any atom is 0.202 e. The van der Waals surface area contributed by atoms with Gasteiger partial charge in [-0.3, -0.25) is 0 Å². The summed E-state index contributed by atoms with van der Waals surface area (Å²) in [6, 6.07) is 0.583. The highest BCUT2D eigenvalue weighted by atomic mass is 15.3. The van der Waals surface area contributed by atoms with Crippen LogP contribution in [-0.4, -0.2) is 36.1 Å². The summed E-state index contributed by atoms with van der Waals surface area (Å²) < 4.78 is 0. The van der Waals surface area contributed by atoms with Gasteiger partial charge in [0.05, 0.1) is 0 Å². The number of likely N-dealkylation sites (N-methyl/N-ethyl adjacent to an activating group) is 1. The molecule has 1 saturated heterocycles. The molecule has 0 aliphatic carbocycles. The Hall–Kier alpha value is -1.03. The van der Waals surface area contributed by atoms with E-state index in [0.717, 1.165) is 19.0 Å². The Kier molecular flexibility index (Phi) is 2.49. The number of nitrogens with zero attached hydrogens (tertiary/aromatic N) is 2. The van der Waals surface area contributed by atoms with Gasteiger partial charge < -0.3 is 15.2 Å². The lowest BCUT2D eigenvalue weighted by atomic mass is 10.1. The zero-order valence-corrected chi connectivity index (χ0v) is 7.95. The predicted octanol–water partition coefficient (Wildman–Crippen LogP) is 0.598. The number of aromatic nitrogens is 2. The second-order valence-corrected chi connectivity index (χ2v) is 3.52. The molecule has 72 valence electrons. The molecule has 0 amide bonds. The molecule has 1 unspecified atom stereocenters. The van der Waals surface area contributed by atoms with Crippen LogP contribution in [0, 0.1) is 0 Å². The zero-order chi connectivity index (χ0) is 9.10. The fourth-order valence-electron chi connectivity index (χ4n) is 1.79. The minimum atomic E-state index is 0.583. The number of anilines is 1. The molecular formula is C9H16N4. The molecule has 4 heteroatoms. The predicted molar refractivity (Wildman–Crippen MR) is 52.9 cm³/mol. The largest absolute Gasteiger partial charge is 0.341 e. The lowest BCUT2D eigenvalue weighted by Gasteiger charge is -2.31. The van der Waals surface area contributed by atoms with Gasteiger partial charge in [-0.25, -0.2) is 4.98 Å². The standard InChI is InChI=1S/C9H16N4/c1-13(9-11-5-6-12-9)8-3-2-4-10-7-8/h5-6,8,10H,2-4,7H2,1H3,(H,11,12). The van der Waals surface area contributed by atoms with Crippen LogP contribution < -0.4 is 10.2 Å². The highest BCUT2D eigenvalue weighted by Crippen LogP contribution is 2.13. The van der Waals surface area contributed by atoms with E-state index in [0.29, 0.717) is 6.04 Å². The fourth-order valence-corrected chi connectivity index (χ4v) is 1.79. The van der Waals surface area contributed by atoms with E-state index < -0.39 is 0 Å². The lowest BCUT2D eigenvalue weighted by molar-refractivity contribution is 0.442. The third-order valence-electron chi connectivity index (χ3n) is 2.64. The van der Waals surface area contributed by atoms with E-state index in [9.17, 15) is 0 Å². The fraction of sp³-hybridized carbons (Fsp3) is 0.667. The van der Waals surface area contributed by atoms with Gasteiger partial charge in [-0.05, 0) is 19.4 Å². The number of nitrogens with one attached hydrogen (secondary N) is 2. The molecular weight excluding hydrogens is 164 g/mol. The van der Waals surface area contributed by atoms with E-state index in [1.165, 1.54) is 12.8 Å². The lowest BCUT2D eigenvalue weighted by Crippen LogP contribution is -2.44. The Morgan fingerprint density at radius 2 is 2.54 bits per heavy atom. The smallest absolute Gasteiger partial charge is 0.202 e. The van der Waals surface area contributed by atoms with E-state index in [2.05, 4.69) is 27.2 Å². The molecule has 1 aromatic heterocycles. The van der Waals surface area contributed by atoms with Gasteiger partial charge in [-0.1, -0.05) is 0 Å². The quantitative estimate of drug-likeness (QED) is 0.700. The Balaban J connectivity index is 1.99. The highest BCUT2D eigenvalue weighted by Gasteiger charge is 2.18. The first-order chi connectivity index (χ1) is 6.38. The van der Waals surface area contributed by atoms with Crippen molar-refractivity contribution in [1.82, 2.24) is 15.3 Å². The van der Waals surface area contributed by atoms with Crippen LogP contribution in [0.5, 0.6) is 0 Å². The summed E-state index contributed by atoms with van der Waals surface area (Å²) in [7, 11) is 2.09. The minimum absolute atomic E-state index is 0.583. The summed E-state index contributed by atoms with van der Waals surface area (Å²) in [4.78, 5) is 9.57. The summed E-state index contributed by atoms with van der Waals surface area (Å²) >= 11 is 0. The average Bonchev–Trinajstić information content (AvgIpc) is 2.71. The molecule has 2 heterocycles. The number of imidazole rings is 1. The molecule has 1 aromatic rings. The SMILES string of the molecule is CN(c1ncc[nH]1)C1CCCNC1. The molecule has 1 atom stereocenters. The topological polar surface area (TPSA) is 44.0 Å². The van der Waals surface area contributed by atoms with Gasteiger partial charge in [-0.2, -0.15) is 0 Å². The highest BCUT2D eigenvalue weighted by molar-refractivity contribution is 5.29. The van der Waals surface area contributed by atoms with Gasteiger partial charge in [0.15, 0.2) is 0 Å². The summed E-state index contributed by atoms with van der Waals surface area (Å²) in [5.41, 5.74) is 0. The van der Waals surface area contributed by atoms with Gasteiger partial charge in [0.1, 0.15) is 0 Å². The van der Waals surface area contributed by atoms with Crippen molar-refractivity contribution in [3.8, 4) is 0 Å². The summed E-state index contributed by atoms with van der Waals surface area (Å²) in [6.45, 7) is 2.22. The molecule has 1 fully saturated rings. The first-order valence-electron chi connectivity index (χ1n) is 4.81. The van der Waals surface area contributed by atoms with Crippen LogP contribution in [0.2, 0.25) is 0 Å². The maximum atomic E-state index is 4.23. The minimum Gasteiger partial charge on any atom is -0.341 e. The second-order valence-electron chi connectivity index (χ2n) is 3.52. The summed E-state index contributed by atoms with van der Waals surface area (Å²) in [5.74, 6) is 0.966. The van der Waals surface area contributed by atoms with Crippen molar-refractivity contribution >= 4 is 5.95 Å². The monoisotopic (exact) mass is 180 g/mol. The van der Waals surface area contributed by atoms with E-state index in [1.807, 2.05) is 6.20 Å². The normalized spacial score (nSPS) is 23.0. The maximum absolute atomic E-state index is 4.23. The van der Waals surface area contributed by atoms with Gasteiger partial charge in [0, 0.05) is 32.0 Å². The third kappa shape index (κ3) is 1.83. The van der Waals surface area contributed by atoms with Crippen LogP contribution in [0.25, 0.3) is 0 Å². The van der Waals surface area contributed by atoms with Gasteiger partial charge in [0.2, 0.25) is 5.95 Å². The number of piperidine rings is 1. The first kappa shape index (κ1) is 8.56. The number of rotatable bonds is 2. The molecule has 13 heavy (non-hydrogen) atoms. The van der Waals surface area contributed by atoms with Crippen molar-refractivity contribution in [3.63, 3.8) is 0 Å². The Bertz CT molecular complexity index is 238. The third-order valence-corrected chi connectivity index (χ3v) is 2.64. The van der Waals surface area contributed by atoms with Crippen LogP contribution in [0.3, 0.4) is 0 Å². The van der Waals surface area contributed by atoms with Crippen LogP contribution in [0.1, 0.15) is 12.8 Å². The second kappa shape index (κ2) is 3.79. The van der Waals surface area contributed by atoms with Crippen molar-refractivity contribution in [2.75, 3.05) is 25.0 Å². The number of H-pyrrole nitrogens is 1. The van der Waals surface area contributed by atoms with Crippen molar-refractivity contribution in [2.24, 2.45) is 0 Å². The Morgan fingerprint density at radius 3 is 3.15 bits per heavy atom. The van der Waals surface area contributed by atoms with Crippen LogP contribution in [0.15, 0.2) is 12.4 Å². The summed E-state index contributed by atoms with van der Waals surface area (Å²) in [6.07, 6.45) is 6.17. The van der Waals surface area contributed by atoms with E-state index in [1.54, 1.807) is 6.20 Å². The Labute approximate surface area is 78.4 Å². The zero-order valence-electron chi connectivity index (χ0n) is 7.95. The van der Waals surface area contributed by atoms with Gasteiger partial charge in [0.25, 0.3) is 0 Å². The van der Waals surface area contributed by atoms with Crippen molar-refractivity contribution in [1.29, 1.82) is 0 Å². The van der Waals surface area contributed by atoms with E-state index >= 15 is 0 Å². The number of hydrogen-bond donors (Lipinski definition) is 2. The van der Waals surface area contributed by atoms with E-state index in [-0.39, 0.29) is 0 Å². The molecule has 0 saturated carbocycles. The molecule has 0 spiro atoms. The Morgan fingerprint density at radius 1 is 1.62 bits per heavy atom.